The summed E-state index contributed by atoms with van der Waals surface area (Å²) in [5.74, 6) is 0.0597. The molecule has 0 atom stereocenters. The lowest BCUT2D eigenvalue weighted by atomic mass is 9.97. The van der Waals surface area contributed by atoms with Gasteiger partial charge in [0.15, 0.2) is 0 Å². The molecule has 120 valence electrons. The van der Waals surface area contributed by atoms with Crippen molar-refractivity contribution < 1.29 is 9.53 Å². The predicted molar refractivity (Wildman–Crippen MR) is 86.8 cm³/mol. The first-order chi connectivity index (χ1) is 10.0. The Bertz CT molecular complexity index is 590. The molecule has 0 unspecified atom stereocenters. The van der Waals surface area contributed by atoms with E-state index in [4.69, 9.17) is 4.74 Å². The summed E-state index contributed by atoms with van der Waals surface area (Å²) >= 11 is 0. The second kappa shape index (κ2) is 6.91. The minimum atomic E-state index is -0.575. The number of rotatable bonds is 4. The van der Waals surface area contributed by atoms with Gasteiger partial charge in [-0.1, -0.05) is 27.7 Å². The Morgan fingerprint density at radius 3 is 2.32 bits per heavy atom. The fraction of sp³-hybridized carbons (Fsp3) is 0.611. The third kappa shape index (κ3) is 4.84. The van der Waals surface area contributed by atoms with E-state index in [-0.39, 0.29) is 5.92 Å². The lowest BCUT2D eigenvalue weighted by Gasteiger charge is -2.21. The monoisotopic (exact) mass is 302 g/mol. The molecule has 0 fully saturated rings. The molecule has 0 spiro atoms. The molecule has 0 bridgehead atoms. The predicted octanol–water partition coefficient (Wildman–Crippen LogP) is 4.23. The Balaban J connectivity index is 3.38. The van der Waals surface area contributed by atoms with Gasteiger partial charge in [0.2, 0.25) is 0 Å². The van der Waals surface area contributed by atoms with E-state index < -0.39 is 11.6 Å². The summed E-state index contributed by atoms with van der Waals surface area (Å²) in [6, 6.07) is 3.79. The molecule has 4 nitrogen and oxygen atoms in total. The zero-order valence-corrected chi connectivity index (χ0v) is 14.7. The molecule has 0 saturated heterocycles. The standard InChI is InChI=1S/C18H26N2O2/c1-11(2)8-15-13(10-19)9-14(16(20-15)12(3)4)17(21)22-18(5,6)7/h9,11-12H,8H2,1-7H3. The molecule has 22 heavy (non-hydrogen) atoms. The highest BCUT2D eigenvalue weighted by Gasteiger charge is 2.24. The zero-order chi connectivity index (χ0) is 17.1. The molecule has 0 saturated carbocycles. The van der Waals surface area contributed by atoms with Crippen molar-refractivity contribution in [3.63, 3.8) is 0 Å². The van der Waals surface area contributed by atoms with Gasteiger partial charge >= 0.3 is 5.97 Å². The summed E-state index contributed by atoms with van der Waals surface area (Å²) in [5, 5.41) is 9.36. The number of esters is 1. The van der Waals surface area contributed by atoms with E-state index in [0.29, 0.717) is 22.7 Å². The second-order valence-electron chi connectivity index (χ2n) is 7.28. The Morgan fingerprint density at radius 2 is 1.91 bits per heavy atom. The van der Waals surface area contributed by atoms with Crippen LogP contribution in [0.1, 0.15) is 81.7 Å². The van der Waals surface area contributed by atoms with Crippen LogP contribution < -0.4 is 0 Å². The van der Waals surface area contributed by atoms with Crippen molar-refractivity contribution in [1.29, 1.82) is 5.26 Å². The average molecular weight is 302 g/mol. The number of hydrogen-bond donors (Lipinski definition) is 0. The molecule has 0 radical (unpaired) electrons. The van der Waals surface area contributed by atoms with Gasteiger partial charge in [-0.15, -0.1) is 0 Å². The summed E-state index contributed by atoms with van der Waals surface area (Å²) in [6.07, 6.45) is 0.719. The van der Waals surface area contributed by atoms with E-state index in [1.807, 2.05) is 34.6 Å². The Hall–Kier alpha value is -1.89. The molecule has 0 aromatic carbocycles. The van der Waals surface area contributed by atoms with Gasteiger partial charge in [-0.05, 0) is 45.1 Å². The first-order valence-corrected chi connectivity index (χ1v) is 7.72. The van der Waals surface area contributed by atoms with Crippen LogP contribution in [0.3, 0.4) is 0 Å². The zero-order valence-electron chi connectivity index (χ0n) is 14.7. The Morgan fingerprint density at radius 1 is 1.32 bits per heavy atom. The topological polar surface area (TPSA) is 63.0 Å². The molecule has 0 amide bonds. The third-order valence-corrected chi connectivity index (χ3v) is 3.02. The lowest BCUT2D eigenvalue weighted by Crippen LogP contribution is -2.25. The van der Waals surface area contributed by atoms with Crippen LogP contribution in [0.25, 0.3) is 0 Å². The van der Waals surface area contributed by atoms with Gasteiger partial charge in [-0.3, -0.25) is 4.98 Å². The van der Waals surface area contributed by atoms with E-state index in [1.54, 1.807) is 6.07 Å². The van der Waals surface area contributed by atoms with Gasteiger partial charge in [0.05, 0.1) is 22.5 Å². The molecule has 1 aromatic heterocycles. The third-order valence-electron chi connectivity index (χ3n) is 3.02. The number of aromatic nitrogens is 1. The molecule has 1 heterocycles. The SMILES string of the molecule is CC(C)Cc1nc(C(C)C)c(C(=O)OC(C)(C)C)cc1C#N. The van der Waals surface area contributed by atoms with E-state index in [9.17, 15) is 10.1 Å². The van der Waals surface area contributed by atoms with Crippen molar-refractivity contribution >= 4 is 5.97 Å². The van der Waals surface area contributed by atoms with Gasteiger partial charge in [0, 0.05) is 0 Å². The summed E-state index contributed by atoms with van der Waals surface area (Å²) in [4.78, 5) is 17.0. The van der Waals surface area contributed by atoms with Crippen LogP contribution in [0.5, 0.6) is 0 Å². The quantitative estimate of drug-likeness (QED) is 0.781. The first-order valence-electron chi connectivity index (χ1n) is 7.72. The normalized spacial score (nSPS) is 11.6. The van der Waals surface area contributed by atoms with Crippen LogP contribution in [-0.4, -0.2) is 16.6 Å². The minimum absolute atomic E-state index is 0.0844. The molecular formula is C18H26N2O2. The van der Waals surface area contributed by atoms with E-state index in [2.05, 4.69) is 24.9 Å². The van der Waals surface area contributed by atoms with E-state index in [0.717, 1.165) is 12.1 Å². The fourth-order valence-corrected chi connectivity index (χ4v) is 2.14. The summed E-state index contributed by atoms with van der Waals surface area (Å²) in [6.45, 7) is 13.6. The fourth-order valence-electron chi connectivity index (χ4n) is 2.14. The highest BCUT2D eigenvalue weighted by atomic mass is 16.6. The van der Waals surface area contributed by atoms with Gasteiger partial charge in [0.1, 0.15) is 11.7 Å². The number of nitriles is 1. The van der Waals surface area contributed by atoms with Gasteiger partial charge in [-0.25, -0.2) is 4.79 Å². The molecule has 4 heteroatoms. The highest BCUT2D eigenvalue weighted by Crippen LogP contribution is 2.24. The summed E-state index contributed by atoms with van der Waals surface area (Å²) in [5.41, 5.74) is 1.74. The smallest absolute Gasteiger partial charge is 0.340 e. The minimum Gasteiger partial charge on any atom is -0.456 e. The Labute approximate surface area is 133 Å². The number of ether oxygens (including phenoxy) is 1. The molecule has 1 rings (SSSR count). The summed E-state index contributed by atoms with van der Waals surface area (Å²) in [7, 11) is 0. The molecular weight excluding hydrogens is 276 g/mol. The number of nitrogens with zero attached hydrogens (tertiary/aromatic N) is 2. The molecule has 1 aromatic rings. The molecule has 0 aliphatic carbocycles. The van der Waals surface area contributed by atoms with Crippen molar-refractivity contribution in [3.05, 3.63) is 28.6 Å². The first kappa shape index (κ1) is 18.2. The average Bonchev–Trinajstić information content (AvgIpc) is 2.35. The van der Waals surface area contributed by atoms with Gasteiger partial charge in [0.25, 0.3) is 0 Å². The maximum absolute atomic E-state index is 12.4. The second-order valence-corrected chi connectivity index (χ2v) is 7.28. The summed E-state index contributed by atoms with van der Waals surface area (Å²) < 4.78 is 5.45. The largest absolute Gasteiger partial charge is 0.456 e. The Kier molecular flexibility index (Phi) is 5.71. The van der Waals surface area contributed by atoms with Crippen molar-refractivity contribution in [1.82, 2.24) is 4.98 Å². The van der Waals surface area contributed by atoms with Crippen molar-refractivity contribution in [2.24, 2.45) is 5.92 Å². The van der Waals surface area contributed by atoms with Crippen LogP contribution in [0.15, 0.2) is 6.07 Å². The van der Waals surface area contributed by atoms with Crippen LogP contribution in [-0.2, 0) is 11.2 Å². The van der Waals surface area contributed by atoms with Gasteiger partial charge in [-0.2, -0.15) is 5.26 Å². The lowest BCUT2D eigenvalue weighted by molar-refractivity contribution is 0.00672. The number of carbonyl (C=O) groups excluding carboxylic acids is 1. The highest BCUT2D eigenvalue weighted by molar-refractivity contribution is 5.91. The number of carbonyl (C=O) groups is 1. The van der Waals surface area contributed by atoms with Gasteiger partial charge < -0.3 is 4.74 Å². The van der Waals surface area contributed by atoms with Crippen molar-refractivity contribution in [2.45, 2.75) is 66.4 Å². The van der Waals surface area contributed by atoms with Crippen LogP contribution in [0.4, 0.5) is 0 Å². The maximum atomic E-state index is 12.4. The van der Waals surface area contributed by atoms with Crippen molar-refractivity contribution in [2.75, 3.05) is 0 Å². The maximum Gasteiger partial charge on any atom is 0.340 e. The molecule has 0 aliphatic rings. The molecule has 0 N–H and O–H groups in total. The number of pyridine rings is 1. The van der Waals surface area contributed by atoms with Crippen LogP contribution >= 0.6 is 0 Å². The van der Waals surface area contributed by atoms with Crippen molar-refractivity contribution in [3.8, 4) is 6.07 Å². The molecule has 0 aliphatic heterocycles. The number of hydrogen-bond acceptors (Lipinski definition) is 4. The van der Waals surface area contributed by atoms with E-state index in [1.165, 1.54) is 0 Å². The van der Waals surface area contributed by atoms with E-state index >= 15 is 0 Å². The van der Waals surface area contributed by atoms with Crippen LogP contribution in [0, 0.1) is 17.2 Å². The van der Waals surface area contributed by atoms with Crippen LogP contribution in [0.2, 0.25) is 0 Å².